The molecular formula is C48H37NO. The van der Waals surface area contributed by atoms with Crippen LogP contribution in [0.4, 0.5) is 17.1 Å². The van der Waals surface area contributed by atoms with Crippen molar-refractivity contribution in [2.24, 2.45) is 0 Å². The highest BCUT2D eigenvalue weighted by Crippen LogP contribution is 2.53. The van der Waals surface area contributed by atoms with E-state index in [1.165, 1.54) is 50.1 Å². The van der Waals surface area contributed by atoms with Crippen molar-refractivity contribution in [2.75, 3.05) is 4.90 Å². The second-order valence-electron chi connectivity index (χ2n) is 15.0. The molecular weight excluding hydrogens is 607 g/mol. The van der Waals surface area contributed by atoms with Gasteiger partial charge in [0.05, 0.1) is 5.69 Å². The minimum absolute atomic E-state index is 0.109. The van der Waals surface area contributed by atoms with Gasteiger partial charge in [-0.05, 0) is 98.6 Å². The van der Waals surface area contributed by atoms with Gasteiger partial charge in [-0.25, -0.2) is 0 Å². The first-order chi connectivity index (χ1) is 24.3. The van der Waals surface area contributed by atoms with Gasteiger partial charge in [-0.3, -0.25) is 0 Å². The molecule has 7 aromatic carbocycles. The molecule has 2 heteroatoms. The fourth-order valence-electron chi connectivity index (χ4n) is 8.90. The summed E-state index contributed by atoms with van der Waals surface area (Å²) in [5.41, 5.74) is 18.2. The fraction of sp³-hybridized carbons (Fsp3) is 0.125. The van der Waals surface area contributed by atoms with Gasteiger partial charge in [0.2, 0.25) is 0 Å². The summed E-state index contributed by atoms with van der Waals surface area (Å²) in [4.78, 5) is 2.48. The predicted molar refractivity (Wildman–Crippen MR) is 209 cm³/mol. The predicted octanol–water partition coefficient (Wildman–Crippen LogP) is 13.3. The zero-order valence-electron chi connectivity index (χ0n) is 28.8. The highest BCUT2D eigenvalue weighted by molar-refractivity contribution is 6.07. The van der Waals surface area contributed by atoms with E-state index in [1.54, 1.807) is 0 Å². The number of para-hydroxylation sites is 2. The molecule has 0 aliphatic heterocycles. The summed E-state index contributed by atoms with van der Waals surface area (Å²) >= 11 is 0. The Hall–Kier alpha value is -5.86. The van der Waals surface area contributed by atoms with Gasteiger partial charge in [0.15, 0.2) is 0 Å². The minimum Gasteiger partial charge on any atom is -0.456 e. The Morgan fingerprint density at radius 1 is 0.400 bits per heavy atom. The van der Waals surface area contributed by atoms with Crippen LogP contribution in [0.2, 0.25) is 0 Å². The lowest BCUT2D eigenvalue weighted by molar-refractivity contribution is 0.660. The highest BCUT2D eigenvalue weighted by atomic mass is 16.3. The van der Waals surface area contributed by atoms with E-state index in [0.29, 0.717) is 0 Å². The van der Waals surface area contributed by atoms with Gasteiger partial charge in [0, 0.05) is 38.5 Å². The van der Waals surface area contributed by atoms with Crippen molar-refractivity contribution in [2.45, 2.75) is 38.5 Å². The van der Waals surface area contributed by atoms with Crippen LogP contribution in [0, 0.1) is 0 Å². The molecule has 0 atom stereocenters. The van der Waals surface area contributed by atoms with Crippen LogP contribution in [-0.2, 0) is 10.8 Å². The molecule has 0 bridgehead atoms. The molecule has 2 nitrogen and oxygen atoms in total. The van der Waals surface area contributed by atoms with E-state index < -0.39 is 0 Å². The molecule has 2 aliphatic rings. The number of nitrogens with zero attached hydrogens (tertiary/aromatic N) is 1. The molecule has 0 amide bonds. The van der Waals surface area contributed by atoms with E-state index in [9.17, 15) is 0 Å². The van der Waals surface area contributed by atoms with Crippen LogP contribution in [0.1, 0.15) is 49.9 Å². The highest BCUT2D eigenvalue weighted by Gasteiger charge is 2.38. The van der Waals surface area contributed by atoms with Gasteiger partial charge in [0.25, 0.3) is 0 Å². The largest absolute Gasteiger partial charge is 0.456 e. The lowest BCUT2D eigenvalue weighted by Gasteiger charge is -2.31. The average Bonchev–Trinajstić information content (AvgIpc) is 3.71. The van der Waals surface area contributed by atoms with Crippen LogP contribution in [0.15, 0.2) is 156 Å². The zero-order chi connectivity index (χ0) is 33.8. The summed E-state index contributed by atoms with van der Waals surface area (Å²) in [6.07, 6.45) is 0. The van der Waals surface area contributed by atoms with Crippen molar-refractivity contribution >= 4 is 39.0 Å². The third-order valence-corrected chi connectivity index (χ3v) is 11.5. The van der Waals surface area contributed by atoms with Crippen molar-refractivity contribution in [1.29, 1.82) is 0 Å². The smallest absolute Gasteiger partial charge is 0.135 e. The van der Waals surface area contributed by atoms with Gasteiger partial charge in [-0.15, -0.1) is 0 Å². The first-order valence-corrected chi connectivity index (χ1v) is 17.6. The van der Waals surface area contributed by atoms with E-state index in [4.69, 9.17) is 4.42 Å². The summed E-state index contributed by atoms with van der Waals surface area (Å²) < 4.78 is 6.23. The van der Waals surface area contributed by atoms with E-state index in [0.717, 1.165) is 44.6 Å². The molecule has 8 aromatic rings. The number of rotatable bonds is 4. The van der Waals surface area contributed by atoms with Crippen LogP contribution < -0.4 is 4.90 Å². The topological polar surface area (TPSA) is 16.4 Å². The van der Waals surface area contributed by atoms with Crippen molar-refractivity contribution < 1.29 is 4.42 Å². The van der Waals surface area contributed by atoms with Crippen LogP contribution in [0.25, 0.3) is 55.3 Å². The van der Waals surface area contributed by atoms with Crippen molar-refractivity contribution in [3.8, 4) is 33.4 Å². The fourth-order valence-corrected chi connectivity index (χ4v) is 8.90. The molecule has 2 aliphatic carbocycles. The lowest BCUT2D eigenvalue weighted by Crippen LogP contribution is -2.18. The Morgan fingerprint density at radius 3 is 1.54 bits per heavy atom. The van der Waals surface area contributed by atoms with Gasteiger partial charge < -0.3 is 9.32 Å². The standard InChI is InChI=1S/C48H37NO/c1-47(2)40-17-9-5-14-34(40)36-24-22-31(28-42(36)47)49(32-23-25-37-35-15-6-10-18-41(35)48(3,4)43(37)29-32)44-19-11-7-13-33(44)30-21-26-46-39(27-30)38-16-8-12-20-45(38)50-46/h5-29H,1-4H3. The number of hydrogen-bond acceptors (Lipinski definition) is 2. The van der Waals surface area contributed by atoms with Crippen LogP contribution in [-0.4, -0.2) is 0 Å². The Balaban J connectivity index is 1.20. The third kappa shape index (κ3) is 4.02. The monoisotopic (exact) mass is 643 g/mol. The van der Waals surface area contributed by atoms with Crippen LogP contribution in [0.5, 0.6) is 0 Å². The normalized spacial score (nSPS) is 14.7. The molecule has 1 heterocycles. The first-order valence-electron chi connectivity index (χ1n) is 17.6. The summed E-state index contributed by atoms with van der Waals surface area (Å²) in [7, 11) is 0. The minimum atomic E-state index is -0.109. The summed E-state index contributed by atoms with van der Waals surface area (Å²) in [6, 6.07) is 55.7. The van der Waals surface area contributed by atoms with E-state index in [1.807, 2.05) is 12.1 Å². The molecule has 0 radical (unpaired) electrons. The third-order valence-electron chi connectivity index (χ3n) is 11.5. The second kappa shape index (κ2) is 10.3. The Morgan fingerprint density at radius 2 is 0.900 bits per heavy atom. The molecule has 240 valence electrons. The summed E-state index contributed by atoms with van der Waals surface area (Å²) in [5, 5.41) is 2.27. The summed E-state index contributed by atoms with van der Waals surface area (Å²) in [5.74, 6) is 0. The number of benzene rings is 7. The Bertz CT molecular complexity index is 2560. The average molecular weight is 644 g/mol. The molecule has 0 spiro atoms. The number of anilines is 3. The lowest BCUT2D eigenvalue weighted by atomic mass is 9.82. The summed E-state index contributed by atoms with van der Waals surface area (Å²) in [6.45, 7) is 9.44. The zero-order valence-corrected chi connectivity index (χ0v) is 28.8. The maximum Gasteiger partial charge on any atom is 0.135 e. The maximum atomic E-state index is 6.23. The number of fused-ring (bicyclic) bond motifs is 9. The van der Waals surface area contributed by atoms with Gasteiger partial charge in [-0.1, -0.05) is 131 Å². The van der Waals surface area contributed by atoms with Crippen LogP contribution in [0.3, 0.4) is 0 Å². The SMILES string of the molecule is CC1(C)c2ccccc2-c2ccc(N(c3ccc4c(c3)C(C)(C)c3ccccc3-4)c3ccccc3-c3ccc4oc5ccccc5c4c3)cc21. The van der Waals surface area contributed by atoms with Crippen molar-refractivity contribution in [3.05, 3.63) is 174 Å². The molecule has 0 unspecified atom stereocenters. The molecule has 0 N–H and O–H groups in total. The van der Waals surface area contributed by atoms with Gasteiger partial charge >= 0.3 is 0 Å². The molecule has 1 aromatic heterocycles. The Kier molecular flexibility index (Phi) is 6.01. The molecule has 0 saturated carbocycles. The quantitative estimate of drug-likeness (QED) is 0.190. The molecule has 0 fully saturated rings. The van der Waals surface area contributed by atoms with E-state index >= 15 is 0 Å². The van der Waals surface area contributed by atoms with Crippen molar-refractivity contribution in [3.63, 3.8) is 0 Å². The Labute approximate surface area is 293 Å². The first kappa shape index (κ1) is 29.1. The number of furan rings is 1. The molecule has 50 heavy (non-hydrogen) atoms. The maximum absolute atomic E-state index is 6.23. The van der Waals surface area contributed by atoms with E-state index in [-0.39, 0.29) is 10.8 Å². The molecule has 10 rings (SSSR count). The second-order valence-corrected chi connectivity index (χ2v) is 15.0. The van der Waals surface area contributed by atoms with Crippen LogP contribution >= 0.6 is 0 Å². The van der Waals surface area contributed by atoms with Gasteiger partial charge in [0.1, 0.15) is 11.2 Å². The number of hydrogen-bond donors (Lipinski definition) is 0. The van der Waals surface area contributed by atoms with Crippen molar-refractivity contribution in [1.82, 2.24) is 0 Å². The van der Waals surface area contributed by atoms with Gasteiger partial charge in [-0.2, -0.15) is 0 Å². The van der Waals surface area contributed by atoms with E-state index in [2.05, 4.69) is 172 Å². The molecule has 0 saturated heterocycles.